The molecule has 0 amide bonds. The highest BCUT2D eigenvalue weighted by Crippen LogP contribution is 2.17. The summed E-state index contributed by atoms with van der Waals surface area (Å²) in [4.78, 5) is 0.288. The van der Waals surface area contributed by atoms with Gasteiger partial charge in [0.1, 0.15) is 0 Å². The summed E-state index contributed by atoms with van der Waals surface area (Å²) in [5, 5.41) is 6.89. The summed E-state index contributed by atoms with van der Waals surface area (Å²) in [5.41, 5.74) is 0.950. The van der Waals surface area contributed by atoms with Crippen LogP contribution in [-0.4, -0.2) is 34.1 Å². The molecule has 0 aliphatic carbocycles. The summed E-state index contributed by atoms with van der Waals surface area (Å²) in [6.45, 7) is 3.27. The zero-order valence-corrected chi connectivity index (χ0v) is 12.8. The predicted octanol–water partition coefficient (Wildman–Crippen LogP) is 1.54. The molecule has 1 aliphatic heterocycles. The molecule has 2 unspecified atom stereocenters. The maximum absolute atomic E-state index is 11.6. The Morgan fingerprint density at radius 3 is 2.60 bits per heavy atom. The predicted molar refractivity (Wildman–Crippen MR) is 81.4 cm³/mol. The maximum atomic E-state index is 11.6. The average Bonchev–Trinajstić information content (AvgIpc) is 2.92. The second kappa shape index (κ2) is 6.56. The molecule has 2 rings (SSSR count). The molecule has 3 N–H and O–H groups in total. The number of benzene rings is 1. The Morgan fingerprint density at radius 1 is 1.35 bits per heavy atom. The first-order valence-corrected chi connectivity index (χ1v) is 8.53. The maximum Gasteiger partial charge on any atom is 0.240 e. The number of anilines is 1. The third kappa shape index (κ3) is 3.94. The van der Waals surface area contributed by atoms with E-state index in [0.29, 0.717) is 12.1 Å². The van der Waals surface area contributed by atoms with Crippen molar-refractivity contribution in [2.75, 3.05) is 18.9 Å². The molecule has 20 heavy (non-hydrogen) atoms. The van der Waals surface area contributed by atoms with E-state index in [9.17, 15) is 8.42 Å². The zero-order valence-electron chi connectivity index (χ0n) is 12.0. The van der Waals surface area contributed by atoms with Crippen molar-refractivity contribution in [1.82, 2.24) is 10.0 Å². The molecule has 6 heteroatoms. The van der Waals surface area contributed by atoms with Gasteiger partial charge in [-0.05, 0) is 64.0 Å². The molecule has 112 valence electrons. The Labute approximate surface area is 121 Å². The molecule has 1 aromatic rings. The normalized spacial score (nSPS) is 20.8. The van der Waals surface area contributed by atoms with E-state index in [4.69, 9.17) is 0 Å². The van der Waals surface area contributed by atoms with Crippen molar-refractivity contribution >= 4 is 15.7 Å². The average molecular weight is 297 g/mol. The molecule has 0 saturated carbocycles. The molecular weight excluding hydrogens is 274 g/mol. The van der Waals surface area contributed by atoms with Crippen LogP contribution in [0.25, 0.3) is 0 Å². The summed E-state index contributed by atoms with van der Waals surface area (Å²) >= 11 is 0. The van der Waals surface area contributed by atoms with Gasteiger partial charge in [-0.2, -0.15) is 0 Å². The minimum absolute atomic E-state index is 0.288. The lowest BCUT2D eigenvalue weighted by molar-refractivity contribution is 0.523. The van der Waals surface area contributed by atoms with Gasteiger partial charge in [-0.1, -0.05) is 0 Å². The molecule has 0 aromatic heterocycles. The van der Waals surface area contributed by atoms with E-state index in [-0.39, 0.29) is 4.90 Å². The molecule has 1 aliphatic rings. The van der Waals surface area contributed by atoms with Gasteiger partial charge < -0.3 is 10.6 Å². The monoisotopic (exact) mass is 297 g/mol. The zero-order chi connectivity index (χ0) is 14.6. The van der Waals surface area contributed by atoms with Gasteiger partial charge in [-0.25, -0.2) is 13.1 Å². The lowest BCUT2D eigenvalue weighted by atomic mass is 10.1. The van der Waals surface area contributed by atoms with Gasteiger partial charge in [0.05, 0.1) is 4.90 Å². The van der Waals surface area contributed by atoms with Gasteiger partial charge in [0.25, 0.3) is 0 Å². The van der Waals surface area contributed by atoms with Crippen LogP contribution in [0.1, 0.15) is 26.2 Å². The van der Waals surface area contributed by atoms with Crippen molar-refractivity contribution in [3.05, 3.63) is 24.3 Å². The summed E-state index contributed by atoms with van der Waals surface area (Å²) in [6.07, 6.45) is 3.58. The number of sulfonamides is 1. The molecule has 1 fully saturated rings. The first kappa shape index (κ1) is 15.3. The number of hydrogen-bond donors (Lipinski definition) is 3. The van der Waals surface area contributed by atoms with Gasteiger partial charge in [-0.15, -0.1) is 0 Å². The second-order valence-electron chi connectivity index (χ2n) is 5.31. The minimum Gasteiger partial charge on any atom is -0.383 e. The van der Waals surface area contributed by atoms with Gasteiger partial charge >= 0.3 is 0 Å². The molecule has 0 bridgehead atoms. The highest BCUT2D eigenvalue weighted by molar-refractivity contribution is 7.89. The van der Waals surface area contributed by atoms with Crippen LogP contribution in [0.2, 0.25) is 0 Å². The van der Waals surface area contributed by atoms with E-state index >= 15 is 0 Å². The standard InChI is InChI=1S/C14H23N3O2S/c1-11(10-13-4-3-9-16-13)17-12-5-7-14(8-6-12)20(18,19)15-2/h5-8,11,13,15-17H,3-4,9-10H2,1-2H3. The fourth-order valence-corrected chi connectivity index (χ4v) is 3.31. The lowest BCUT2D eigenvalue weighted by Gasteiger charge is -2.19. The van der Waals surface area contributed by atoms with Crippen molar-refractivity contribution < 1.29 is 8.42 Å². The third-order valence-electron chi connectivity index (χ3n) is 3.65. The molecule has 1 aromatic carbocycles. The van der Waals surface area contributed by atoms with Gasteiger partial charge in [0.2, 0.25) is 10.0 Å². The van der Waals surface area contributed by atoms with Crippen molar-refractivity contribution in [2.45, 2.75) is 43.2 Å². The van der Waals surface area contributed by atoms with E-state index in [0.717, 1.165) is 18.7 Å². The fourth-order valence-electron chi connectivity index (χ4n) is 2.58. The van der Waals surface area contributed by atoms with Crippen molar-refractivity contribution in [3.8, 4) is 0 Å². The largest absolute Gasteiger partial charge is 0.383 e. The molecule has 2 atom stereocenters. The minimum atomic E-state index is -3.35. The number of nitrogens with one attached hydrogen (secondary N) is 3. The fraction of sp³-hybridized carbons (Fsp3) is 0.571. The topological polar surface area (TPSA) is 70.2 Å². The first-order valence-electron chi connectivity index (χ1n) is 7.05. The molecule has 0 spiro atoms. The van der Waals surface area contributed by atoms with Crippen molar-refractivity contribution in [2.24, 2.45) is 0 Å². The summed E-state index contributed by atoms with van der Waals surface area (Å²) < 4.78 is 25.6. The van der Waals surface area contributed by atoms with Crippen LogP contribution in [-0.2, 0) is 10.0 Å². The van der Waals surface area contributed by atoms with Crippen LogP contribution in [0.3, 0.4) is 0 Å². The second-order valence-corrected chi connectivity index (χ2v) is 7.19. The van der Waals surface area contributed by atoms with Crippen LogP contribution in [0.15, 0.2) is 29.2 Å². The molecule has 0 radical (unpaired) electrons. The molecular formula is C14H23N3O2S. The molecule has 1 saturated heterocycles. The summed E-state index contributed by atoms with van der Waals surface area (Å²) in [5.74, 6) is 0. The summed E-state index contributed by atoms with van der Waals surface area (Å²) in [7, 11) is -1.93. The van der Waals surface area contributed by atoms with E-state index < -0.39 is 10.0 Å². The van der Waals surface area contributed by atoms with Crippen LogP contribution >= 0.6 is 0 Å². The number of hydrogen-bond acceptors (Lipinski definition) is 4. The SMILES string of the molecule is CNS(=O)(=O)c1ccc(NC(C)CC2CCCN2)cc1. The Balaban J connectivity index is 1.93. The first-order chi connectivity index (χ1) is 9.51. The number of rotatable bonds is 6. The van der Waals surface area contributed by atoms with Crippen LogP contribution in [0.5, 0.6) is 0 Å². The molecule has 5 nitrogen and oxygen atoms in total. The Kier molecular flexibility index (Phi) is 5.01. The van der Waals surface area contributed by atoms with Gasteiger partial charge in [0, 0.05) is 17.8 Å². The van der Waals surface area contributed by atoms with Crippen molar-refractivity contribution in [3.63, 3.8) is 0 Å². The highest BCUT2D eigenvalue weighted by atomic mass is 32.2. The van der Waals surface area contributed by atoms with Gasteiger partial charge in [-0.3, -0.25) is 0 Å². The van der Waals surface area contributed by atoms with E-state index in [1.54, 1.807) is 12.1 Å². The quantitative estimate of drug-likeness (QED) is 0.745. The Bertz CT molecular complexity index is 522. The van der Waals surface area contributed by atoms with E-state index in [1.165, 1.54) is 19.9 Å². The Hall–Kier alpha value is -1.11. The van der Waals surface area contributed by atoms with Crippen molar-refractivity contribution in [1.29, 1.82) is 0 Å². The highest BCUT2D eigenvalue weighted by Gasteiger charge is 2.17. The Morgan fingerprint density at radius 2 is 2.05 bits per heavy atom. The van der Waals surface area contributed by atoms with E-state index in [1.807, 2.05) is 12.1 Å². The van der Waals surface area contributed by atoms with Crippen LogP contribution < -0.4 is 15.4 Å². The lowest BCUT2D eigenvalue weighted by Crippen LogP contribution is -2.29. The van der Waals surface area contributed by atoms with Crippen LogP contribution in [0.4, 0.5) is 5.69 Å². The van der Waals surface area contributed by atoms with Crippen LogP contribution in [0, 0.1) is 0 Å². The summed E-state index contributed by atoms with van der Waals surface area (Å²) in [6, 6.07) is 7.81. The smallest absolute Gasteiger partial charge is 0.240 e. The van der Waals surface area contributed by atoms with E-state index in [2.05, 4.69) is 22.3 Å². The van der Waals surface area contributed by atoms with Gasteiger partial charge in [0.15, 0.2) is 0 Å². The third-order valence-corrected chi connectivity index (χ3v) is 5.08. The molecule has 1 heterocycles.